The monoisotopic (exact) mass is 397 g/mol. The van der Waals surface area contributed by atoms with Crippen molar-refractivity contribution < 1.29 is 13.9 Å². The van der Waals surface area contributed by atoms with Gasteiger partial charge < -0.3 is 10.1 Å². The predicted octanol–water partition coefficient (Wildman–Crippen LogP) is 3.81. The van der Waals surface area contributed by atoms with E-state index in [9.17, 15) is 9.18 Å². The lowest BCUT2D eigenvalue weighted by molar-refractivity contribution is -0.122. The number of hydrogen-bond donors (Lipinski definition) is 1. The Morgan fingerprint density at radius 3 is 2.45 bits per heavy atom. The molecule has 0 radical (unpaired) electrons. The Morgan fingerprint density at radius 1 is 1.17 bits per heavy atom. The molecule has 0 saturated heterocycles. The summed E-state index contributed by atoms with van der Waals surface area (Å²) in [5.74, 6) is 0.185. The van der Waals surface area contributed by atoms with Crippen molar-refractivity contribution in [3.05, 3.63) is 59.7 Å². The van der Waals surface area contributed by atoms with Crippen molar-refractivity contribution in [3.8, 4) is 11.4 Å². The molecular weight excluding hydrogens is 373 g/mol. The van der Waals surface area contributed by atoms with Gasteiger partial charge >= 0.3 is 0 Å². The SMILES string of the molecule is Cc1nnnn1-c1cc(NC(=O)C(C)Oc2ccc(C(C)(C)C)cc2)ccc1F. The van der Waals surface area contributed by atoms with Crippen LogP contribution in [0.25, 0.3) is 5.69 Å². The van der Waals surface area contributed by atoms with Crippen LogP contribution in [0.3, 0.4) is 0 Å². The molecule has 0 fully saturated rings. The zero-order valence-corrected chi connectivity index (χ0v) is 17.1. The Morgan fingerprint density at radius 2 is 1.86 bits per heavy atom. The summed E-state index contributed by atoms with van der Waals surface area (Å²) in [5, 5.41) is 13.8. The van der Waals surface area contributed by atoms with Crippen LogP contribution in [0.2, 0.25) is 0 Å². The molecule has 2 aromatic carbocycles. The standard InChI is InChI=1S/C21H24FN5O2/c1-13(29-17-9-6-15(7-10-17)21(3,4)5)20(28)23-16-8-11-18(22)19(12-16)27-14(2)24-25-26-27/h6-13H,1-5H3,(H,23,28). The van der Waals surface area contributed by atoms with E-state index in [1.54, 1.807) is 13.8 Å². The summed E-state index contributed by atoms with van der Waals surface area (Å²) in [6, 6.07) is 11.9. The average molecular weight is 397 g/mol. The number of carbonyl (C=O) groups is 1. The van der Waals surface area contributed by atoms with E-state index in [0.717, 1.165) is 0 Å². The second-order valence-electron chi connectivity index (χ2n) is 7.83. The predicted molar refractivity (Wildman–Crippen MR) is 108 cm³/mol. The van der Waals surface area contributed by atoms with Gasteiger partial charge in [-0.25, -0.2) is 4.39 Å². The molecule has 8 heteroatoms. The van der Waals surface area contributed by atoms with Gasteiger partial charge in [-0.3, -0.25) is 4.79 Å². The summed E-state index contributed by atoms with van der Waals surface area (Å²) < 4.78 is 21.2. The molecule has 0 saturated carbocycles. The van der Waals surface area contributed by atoms with E-state index >= 15 is 0 Å². The Hall–Kier alpha value is -3.29. The molecule has 152 valence electrons. The van der Waals surface area contributed by atoms with E-state index in [4.69, 9.17) is 4.74 Å². The van der Waals surface area contributed by atoms with Crippen LogP contribution in [0.5, 0.6) is 5.75 Å². The van der Waals surface area contributed by atoms with E-state index < -0.39 is 11.9 Å². The van der Waals surface area contributed by atoms with Crippen molar-refractivity contribution >= 4 is 11.6 Å². The first-order valence-corrected chi connectivity index (χ1v) is 9.28. The molecule has 1 amide bonds. The van der Waals surface area contributed by atoms with Gasteiger partial charge in [0.1, 0.15) is 17.3 Å². The number of aromatic nitrogens is 4. The van der Waals surface area contributed by atoms with Crippen molar-refractivity contribution in [1.29, 1.82) is 0 Å². The van der Waals surface area contributed by atoms with Crippen LogP contribution in [0.4, 0.5) is 10.1 Å². The highest BCUT2D eigenvalue weighted by Gasteiger charge is 2.18. The highest BCUT2D eigenvalue weighted by molar-refractivity contribution is 5.94. The molecule has 1 N–H and O–H groups in total. The second kappa shape index (κ2) is 7.98. The van der Waals surface area contributed by atoms with Gasteiger partial charge in [0.15, 0.2) is 11.9 Å². The quantitative estimate of drug-likeness (QED) is 0.708. The van der Waals surface area contributed by atoms with Gasteiger partial charge in [0.05, 0.1) is 0 Å². The van der Waals surface area contributed by atoms with Crippen molar-refractivity contribution in [3.63, 3.8) is 0 Å². The molecule has 0 aliphatic heterocycles. The highest BCUT2D eigenvalue weighted by Crippen LogP contribution is 2.25. The fourth-order valence-electron chi connectivity index (χ4n) is 2.74. The van der Waals surface area contributed by atoms with Gasteiger partial charge in [-0.05, 0) is 65.6 Å². The highest BCUT2D eigenvalue weighted by atomic mass is 19.1. The van der Waals surface area contributed by atoms with E-state index in [0.29, 0.717) is 17.3 Å². The first-order valence-electron chi connectivity index (χ1n) is 9.28. The van der Waals surface area contributed by atoms with Crippen LogP contribution in [-0.2, 0) is 10.2 Å². The third-order valence-electron chi connectivity index (χ3n) is 4.47. The van der Waals surface area contributed by atoms with Crippen LogP contribution >= 0.6 is 0 Å². The number of rotatable bonds is 5. The van der Waals surface area contributed by atoms with Gasteiger partial charge in [-0.2, -0.15) is 4.68 Å². The number of nitrogens with one attached hydrogen (secondary N) is 1. The van der Waals surface area contributed by atoms with E-state index in [1.165, 1.54) is 28.4 Å². The summed E-state index contributed by atoms with van der Waals surface area (Å²) in [7, 11) is 0. The lowest BCUT2D eigenvalue weighted by Crippen LogP contribution is -2.30. The number of aryl methyl sites for hydroxylation is 1. The first kappa shape index (κ1) is 20.4. The smallest absolute Gasteiger partial charge is 0.265 e. The molecule has 1 aromatic heterocycles. The number of benzene rings is 2. The third kappa shape index (κ3) is 4.77. The fourth-order valence-corrected chi connectivity index (χ4v) is 2.74. The molecule has 1 unspecified atom stereocenters. The average Bonchev–Trinajstić information content (AvgIpc) is 3.08. The molecule has 3 rings (SSSR count). The molecule has 29 heavy (non-hydrogen) atoms. The fraction of sp³-hybridized carbons (Fsp3) is 0.333. The number of anilines is 1. The lowest BCUT2D eigenvalue weighted by atomic mass is 9.87. The number of amides is 1. The molecule has 0 bridgehead atoms. The largest absolute Gasteiger partial charge is 0.481 e. The van der Waals surface area contributed by atoms with Crippen LogP contribution in [0.1, 0.15) is 39.1 Å². The van der Waals surface area contributed by atoms with E-state index in [2.05, 4.69) is 41.6 Å². The normalized spacial score (nSPS) is 12.5. The minimum atomic E-state index is -0.737. The number of halogens is 1. The molecule has 3 aromatic rings. The Kier molecular flexibility index (Phi) is 5.63. The second-order valence-corrected chi connectivity index (χ2v) is 7.83. The zero-order valence-electron chi connectivity index (χ0n) is 17.1. The number of carbonyl (C=O) groups excluding carboxylic acids is 1. The van der Waals surface area contributed by atoms with E-state index in [1.807, 2.05) is 24.3 Å². The van der Waals surface area contributed by atoms with Gasteiger partial charge in [-0.15, -0.1) is 5.10 Å². The molecular formula is C21H24FN5O2. The molecule has 0 spiro atoms. The number of tetrazole rings is 1. The van der Waals surface area contributed by atoms with Crippen molar-refractivity contribution in [2.45, 2.75) is 46.1 Å². The van der Waals surface area contributed by atoms with Gasteiger partial charge in [0, 0.05) is 5.69 Å². The third-order valence-corrected chi connectivity index (χ3v) is 4.47. The van der Waals surface area contributed by atoms with Crippen LogP contribution in [0, 0.1) is 12.7 Å². The Balaban J connectivity index is 1.69. The summed E-state index contributed by atoms with van der Waals surface area (Å²) >= 11 is 0. The van der Waals surface area contributed by atoms with Crippen molar-refractivity contribution in [1.82, 2.24) is 20.2 Å². The first-order chi connectivity index (χ1) is 13.6. The summed E-state index contributed by atoms with van der Waals surface area (Å²) in [6.07, 6.45) is -0.737. The molecule has 0 aliphatic carbocycles. The van der Waals surface area contributed by atoms with Crippen LogP contribution < -0.4 is 10.1 Å². The molecule has 0 aliphatic rings. The minimum Gasteiger partial charge on any atom is -0.481 e. The summed E-state index contributed by atoms with van der Waals surface area (Å²) in [5.41, 5.74) is 1.79. The lowest BCUT2D eigenvalue weighted by Gasteiger charge is -2.20. The van der Waals surface area contributed by atoms with Gasteiger partial charge in [0.2, 0.25) is 0 Å². The molecule has 7 nitrogen and oxygen atoms in total. The molecule has 1 heterocycles. The van der Waals surface area contributed by atoms with Crippen molar-refractivity contribution in [2.24, 2.45) is 0 Å². The Labute approximate surface area is 168 Å². The minimum absolute atomic E-state index is 0.0414. The maximum Gasteiger partial charge on any atom is 0.265 e. The summed E-state index contributed by atoms with van der Waals surface area (Å²) in [6.45, 7) is 9.71. The van der Waals surface area contributed by atoms with Crippen LogP contribution in [0.15, 0.2) is 42.5 Å². The zero-order chi connectivity index (χ0) is 21.2. The number of ether oxygens (including phenoxy) is 1. The van der Waals surface area contributed by atoms with Crippen LogP contribution in [-0.4, -0.2) is 32.2 Å². The maximum atomic E-state index is 14.2. The Bertz CT molecular complexity index is 1010. The van der Waals surface area contributed by atoms with Gasteiger partial charge in [0.25, 0.3) is 5.91 Å². The summed E-state index contributed by atoms with van der Waals surface area (Å²) in [4.78, 5) is 12.5. The topological polar surface area (TPSA) is 81.9 Å². The molecule has 1 atom stereocenters. The number of hydrogen-bond acceptors (Lipinski definition) is 5. The van der Waals surface area contributed by atoms with Crippen molar-refractivity contribution in [2.75, 3.05) is 5.32 Å². The van der Waals surface area contributed by atoms with E-state index in [-0.39, 0.29) is 17.0 Å². The maximum absolute atomic E-state index is 14.2. The number of nitrogens with zero attached hydrogens (tertiary/aromatic N) is 4. The van der Waals surface area contributed by atoms with Gasteiger partial charge in [-0.1, -0.05) is 32.9 Å².